The van der Waals surface area contributed by atoms with Gasteiger partial charge in [-0.05, 0) is 55.7 Å². The lowest BCUT2D eigenvalue weighted by Gasteiger charge is -2.11. The third-order valence-corrected chi connectivity index (χ3v) is 5.20. The fourth-order valence-electron chi connectivity index (χ4n) is 2.47. The van der Waals surface area contributed by atoms with Crippen LogP contribution in [0.5, 0.6) is 0 Å². The van der Waals surface area contributed by atoms with E-state index >= 15 is 0 Å². The summed E-state index contributed by atoms with van der Waals surface area (Å²) in [6.07, 6.45) is 3.69. The molecule has 3 rings (SSSR count). The van der Waals surface area contributed by atoms with Gasteiger partial charge >= 0.3 is 0 Å². The molecule has 0 atom stereocenters. The van der Waals surface area contributed by atoms with E-state index in [4.69, 9.17) is 0 Å². The average molecular weight is 334 g/mol. The van der Waals surface area contributed by atoms with Gasteiger partial charge in [-0.15, -0.1) is 11.8 Å². The second kappa shape index (κ2) is 6.90. The zero-order valence-corrected chi connectivity index (χ0v) is 14.8. The number of hydrogen-bond donors (Lipinski definition) is 0. The molecular formula is C19H18N4S. The van der Waals surface area contributed by atoms with Crippen molar-refractivity contribution in [2.45, 2.75) is 31.6 Å². The second-order valence-corrected chi connectivity index (χ2v) is 6.61. The Morgan fingerprint density at radius 2 is 1.88 bits per heavy atom. The van der Waals surface area contributed by atoms with Crippen molar-refractivity contribution in [3.63, 3.8) is 0 Å². The smallest absolute Gasteiger partial charge is 0.115 e. The predicted molar refractivity (Wildman–Crippen MR) is 96.3 cm³/mol. The molecule has 0 aliphatic heterocycles. The second-order valence-electron chi connectivity index (χ2n) is 5.64. The highest BCUT2D eigenvalue weighted by molar-refractivity contribution is 7.98. The first-order chi connectivity index (χ1) is 11.6. The number of hydrogen-bond acceptors (Lipinski definition) is 4. The van der Waals surface area contributed by atoms with E-state index in [1.54, 1.807) is 18.0 Å². The average Bonchev–Trinajstić information content (AvgIpc) is 3.13. The minimum absolute atomic E-state index is 0.691. The largest absolute Gasteiger partial charge is 0.245 e. The molecule has 0 saturated carbocycles. The number of benzene rings is 1. The summed E-state index contributed by atoms with van der Waals surface area (Å²) < 4.78 is 1.83. The molecule has 0 aliphatic rings. The summed E-state index contributed by atoms with van der Waals surface area (Å²) in [6.45, 7) is 6.00. The third kappa shape index (κ3) is 3.19. The Morgan fingerprint density at radius 3 is 2.50 bits per heavy atom. The molecule has 0 bridgehead atoms. The van der Waals surface area contributed by atoms with Crippen LogP contribution in [0.25, 0.3) is 5.69 Å². The standard InChI is InChI=1S/C19H18N4S/c1-13-14(2)18(11-20)19(22-15(13)3)24-12-16-5-7-17(8-6-16)23-10-4-9-21-23/h4-10H,12H2,1-3H3. The summed E-state index contributed by atoms with van der Waals surface area (Å²) in [4.78, 5) is 4.60. The molecule has 0 saturated heterocycles. The Hall–Kier alpha value is -2.58. The van der Waals surface area contributed by atoms with E-state index < -0.39 is 0 Å². The number of nitriles is 1. The molecular weight excluding hydrogens is 316 g/mol. The van der Waals surface area contributed by atoms with Crippen LogP contribution in [0.1, 0.15) is 27.9 Å². The van der Waals surface area contributed by atoms with E-state index in [0.717, 1.165) is 33.3 Å². The molecule has 0 aliphatic carbocycles. The number of aryl methyl sites for hydroxylation is 1. The summed E-state index contributed by atoms with van der Waals surface area (Å²) in [5.74, 6) is 0.781. The molecule has 2 aromatic heterocycles. The van der Waals surface area contributed by atoms with Gasteiger partial charge in [0.25, 0.3) is 0 Å². The highest BCUT2D eigenvalue weighted by atomic mass is 32.2. The normalized spacial score (nSPS) is 10.6. The molecule has 5 heteroatoms. The Labute approximate surface area is 146 Å². The minimum atomic E-state index is 0.691. The number of nitrogens with zero attached hydrogens (tertiary/aromatic N) is 4. The summed E-state index contributed by atoms with van der Waals surface area (Å²) in [5, 5.41) is 14.5. The van der Waals surface area contributed by atoms with E-state index in [9.17, 15) is 5.26 Å². The first kappa shape index (κ1) is 16.3. The molecule has 4 nitrogen and oxygen atoms in total. The fourth-order valence-corrected chi connectivity index (χ4v) is 3.51. The maximum Gasteiger partial charge on any atom is 0.115 e. The first-order valence-electron chi connectivity index (χ1n) is 7.70. The van der Waals surface area contributed by atoms with Crippen LogP contribution in [0.3, 0.4) is 0 Å². The van der Waals surface area contributed by atoms with Crippen molar-refractivity contribution in [3.05, 3.63) is 70.7 Å². The van der Waals surface area contributed by atoms with E-state index in [1.165, 1.54) is 5.56 Å². The summed E-state index contributed by atoms with van der Waals surface area (Å²) >= 11 is 1.61. The Bertz CT molecular complexity index is 891. The number of aromatic nitrogens is 3. The number of pyridine rings is 1. The van der Waals surface area contributed by atoms with E-state index in [2.05, 4.69) is 28.3 Å². The van der Waals surface area contributed by atoms with Crippen LogP contribution in [0, 0.1) is 32.1 Å². The lowest BCUT2D eigenvalue weighted by Crippen LogP contribution is -1.99. The maximum atomic E-state index is 9.44. The van der Waals surface area contributed by atoms with E-state index in [-0.39, 0.29) is 0 Å². The number of rotatable bonds is 4. The molecule has 0 amide bonds. The summed E-state index contributed by atoms with van der Waals surface area (Å²) in [5.41, 5.74) is 6.03. The van der Waals surface area contributed by atoms with Crippen LogP contribution >= 0.6 is 11.8 Å². The SMILES string of the molecule is Cc1nc(SCc2ccc(-n3cccn3)cc2)c(C#N)c(C)c1C. The quantitative estimate of drug-likeness (QED) is 0.665. The van der Waals surface area contributed by atoms with Crippen molar-refractivity contribution in [3.8, 4) is 11.8 Å². The topological polar surface area (TPSA) is 54.5 Å². The van der Waals surface area contributed by atoms with Gasteiger partial charge in [0.05, 0.1) is 11.3 Å². The van der Waals surface area contributed by atoms with Gasteiger partial charge in [-0.2, -0.15) is 10.4 Å². The van der Waals surface area contributed by atoms with Gasteiger partial charge in [0, 0.05) is 23.8 Å². The minimum Gasteiger partial charge on any atom is -0.245 e. The molecule has 0 spiro atoms. The first-order valence-corrected chi connectivity index (χ1v) is 8.68. The molecule has 0 fully saturated rings. The predicted octanol–water partition coefficient (Wildman–Crippen LogP) is 4.36. The zero-order chi connectivity index (χ0) is 17.1. The van der Waals surface area contributed by atoms with Gasteiger partial charge in [-0.1, -0.05) is 12.1 Å². The van der Waals surface area contributed by atoms with Crippen molar-refractivity contribution in [2.24, 2.45) is 0 Å². The molecule has 1 aromatic carbocycles. The third-order valence-electron chi connectivity index (χ3n) is 4.16. The molecule has 0 unspecified atom stereocenters. The molecule has 3 aromatic rings. The Morgan fingerprint density at radius 1 is 1.12 bits per heavy atom. The fraction of sp³-hybridized carbons (Fsp3) is 0.211. The number of thioether (sulfide) groups is 1. The summed E-state index contributed by atoms with van der Waals surface area (Å²) in [7, 11) is 0. The van der Waals surface area contributed by atoms with Crippen LogP contribution in [0.2, 0.25) is 0 Å². The van der Waals surface area contributed by atoms with Crippen LogP contribution < -0.4 is 0 Å². The van der Waals surface area contributed by atoms with Crippen molar-refractivity contribution < 1.29 is 0 Å². The maximum absolute atomic E-state index is 9.44. The van der Waals surface area contributed by atoms with E-state index in [0.29, 0.717) is 5.56 Å². The van der Waals surface area contributed by atoms with Crippen LogP contribution in [0.4, 0.5) is 0 Å². The van der Waals surface area contributed by atoms with Crippen molar-refractivity contribution in [1.29, 1.82) is 5.26 Å². The summed E-state index contributed by atoms with van der Waals surface area (Å²) in [6, 6.07) is 12.5. The van der Waals surface area contributed by atoms with Crippen molar-refractivity contribution in [2.75, 3.05) is 0 Å². The van der Waals surface area contributed by atoms with Gasteiger partial charge in [0.1, 0.15) is 11.1 Å². The van der Waals surface area contributed by atoms with Crippen LogP contribution in [-0.4, -0.2) is 14.8 Å². The van der Waals surface area contributed by atoms with Gasteiger partial charge < -0.3 is 0 Å². The van der Waals surface area contributed by atoms with Gasteiger partial charge in [-0.25, -0.2) is 9.67 Å². The molecule has 120 valence electrons. The highest BCUT2D eigenvalue weighted by Gasteiger charge is 2.12. The monoisotopic (exact) mass is 334 g/mol. The van der Waals surface area contributed by atoms with Crippen LogP contribution in [-0.2, 0) is 5.75 Å². The van der Waals surface area contributed by atoms with Gasteiger partial charge in [0.15, 0.2) is 0 Å². The zero-order valence-electron chi connectivity index (χ0n) is 13.9. The van der Waals surface area contributed by atoms with Crippen molar-refractivity contribution in [1.82, 2.24) is 14.8 Å². The Kier molecular flexibility index (Phi) is 4.68. The van der Waals surface area contributed by atoms with Crippen molar-refractivity contribution >= 4 is 11.8 Å². The Balaban J connectivity index is 1.78. The molecule has 2 heterocycles. The van der Waals surface area contributed by atoms with Crippen LogP contribution in [0.15, 0.2) is 47.8 Å². The molecule has 0 N–H and O–H groups in total. The highest BCUT2D eigenvalue weighted by Crippen LogP contribution is 2.29. The van der Waals surface area contributed by atoms with Gasteiger partial charge in [0.2, 0.25) is 0 Å². The molecule has 24 heavy (non-hydrogen) atoms. The lowest BCUT2D eigenvalue weighted by atomic mass is 10.1. The van der Waals surface area contributed by atoms with Gasteiger partial charge in [-0.3, -0.25) is 0 Å². The molecule has 0 radical (unpaired) electrons. The lowest BCUT2D eigenvalue weighted by molar-refractivity contribution is 0.880. The van der Waals surface area contributed by atoms with E-state index in [1.807, 2.05) is 49.8 Å².